The fraction of sp³-hybridized carbons (Fsp3) is 0.154. The molecule has 118 valence electrons. The molecule has 2 aromatic rings. The first-order valence-corrected chi connectivity index (χ1v) is 8.17. The van der Waals surface area contributed by atoms with Crippen LogP contribution >= 0.6 is 23.2 Å². The smallest absolute Gasteiger partial charge is 0.263 e. The Balaban J connectivity index is 2.41. The molecule has 0 fully saturated rings. The lowest BCUT2D eigenvalue weighted by atomic mass is 10.3. The van der Waals surface area contributed by atoms with Crippen molar-refractivity contribution >= 4 is 38.9 Å². The van der Waals surface area contributed by atoms with E-state index in [1.807, 2.05) is 0 Å². The van der Waals surface area contributed by atoms with Gasteiger partial charge in [-0.25, -0.2) is 13.4 Å². The first kappa shape index (κ1) is 16.7. The fourth-order valence-electron chi connectivity index (χ4n) is 1.65. The van der Waals surface area contributed by atoms with Crippen LogP contribution in [0.3, 0.4) is 0 Å². The standard InChI is InChI=1S/C13H12Cl2N2O4S/c1-20-8-3-4-12(21-2)11(5-8)17-22(18,19)9-6-10(14)13(15)16-7-9/h3-7,17H,1-2H3. The summed E-state index contributed by atoms with van der Waals surface area (Å²) in [5.41, 5.74) is 0.230. The van der Waals surface area contributed by atoms with Gasteiger partial charge in [0.15, 0.2) is 0 Å². The molecule has 0 unspecified atom stereocenters. The van der Waals surface area contributed by atoms with Crippen LogP contribution in [-0.4, -0.2) is 27.6 Å². The quantitative estimate of drug-likeness (QED) is 0.826. The molecule has 1 N–H and O–H groups in total. The fourth-order valence-corrected chi connectivity index (χ4v) is 3.01. The molecule has 0 aliphatic carbocycles. The zero-order valence-corrected chi connectivity index (χ0v) is 14.0. The topological polar surface area (TPSA) is 77.5 Å². The van der Waals surface area contributed by atoms with Crippen LogP contribution in [0.4, 0.5) is 5.69 Å². The number of halogens is 2. The average Bonchev–Trinajstić information content (AvgIpc) is 2.49. The molecule has 6 nitrogen and oxygen atoms in total. The van der Waals surface area contributed by atoms with Gasteiger partial charge in [-0.2, -0.15) is 0 Å². The van der Waals surface area contributed by atoms with Gasteiger partial charge in [-0.3, -0.25) is 4.72 Å². The van der Waals surface area contributed by atoms with Crippen molar-refractivity contribution in [1.82, 2.24) is 4.98 Å². The highest BCUT2D eigenvalue weighted by Crippen LogP contribution is 2.31. The van der Waals surface area contributed by atoms with E-state index >= 15 is 0 Å². The van der Waals surface area contributed by atoms with Crippen molar-refractivity contribution in [3.05, 3.63) is 40.6 Å². The largest absolute Gasteiger partial charge is 0.497 e. The second-order valence-corrected chi connectivity index (χ2v) is 6.56. The van der Waals surface area contributed by atoms with Gasteiger partial charge in [0.2, 0.25) is 0 Å². The monoisotopic (exact) mass is 362 g/mol. The normalized spacial score (nSPS) is 11.1. The van der Waals surface area contributed by atoms with Crippen LogP contribution in [0.1, 0.15) is 0 Å². The molecule has 1 aromatic carbocycles. The molecule has 1 heterocycles. The molecule has 0 aliphatic rings. The number of hydrogen-bond acceptors (Lipinski definition) is 5. The molecule has 2 rings (SSSR count). The van der Waals surface area contributed by atoms with E-state index in [0.717, 1.165) is 6.20 Å². The summed E-state index contributed by atoms with van der Waals surface area (Å²) in [6.45, 7) is 0. The Morgan fingerprint density at radius 3 is 2.45 bits per heavy atom. The van der Waals surface area contributed by atoms with E-state index in [9.17, 15) is 8.42 Å². The number of sulfonamides is 1. The van der Waals surface area contributed by atoms with E-state index in [1.165, 1.54) is 26.4 Å². The minimum absolute atomic E-state index is 0.0274. The van der Waals surface area contributed by atoms with Crippen molar-refractivity contribution in [2.24, 2.45) is 0 Å². The summed E-state index contributed by atoms with van der Waals surface area (Å²) in [4.78, 5) is 3.60. The lowest BCUT2D eigenvalue weighted by Crippen LogP contribution is -2.14. The maximum absolute atomic E-state index is 12.4. The minimum Gasteiger partial charge on any atom is -0.497 e. The Bertz CT molecular complexity index is 797. The number of anilines is 1. The number of hydrogen-bond donors (Lipinski definition) is 1. The Morgan fingerprint density at radius 2 is 1.86 bits per heavy atom. The number of nitrogens with one attached hydrogen (secondary N) is 1. The predicted octanol–water partition coefficient (Wildman–Crippen LogP) is 3.21. The zero-order chi connectivity index (χ0) is 16.3. The lowest BCUT2D eigenvalue weighted by Gasteiger charge is -2.13. The first-order valence-electron chi connectivity index (χ1n) is 5.93. The molecule has 9 heteroatoms. The highest BCUT2D eigenvalue weighted by Gasteiger charge is 2.19. The molecule has 0 bridgehead atoms. The van der Waals surface area contributed by atoms with Gasteiger partial charge in [-0.15, -0.1) is 0 Å². The van der Waals surface area contributed by atoms with E-state index in [4.69, 9.17) is 32.7 Å². The van der Waals surface area contributed by atoms with Gasteiger partial charge in [-0.05, 0) is 18.2 Å². The van der Waals surface area contributed by atoms with E-state index < -0.39 is 10.0 Å². The molecule has 0 spiro atoms. The highest BCUT2D eigenvalue weighted by atomic mass is 35.5. The molecule has 0 saturated carbocycles. The second-order valence-electron chi connectivity index (χ2n) is 4.12. The third kappa shape index (κ3) is 3.55. The van der Waals surface area contributed by atoms with Crippen molar-refractivity contribution in [2.45, 2.75) is 4.90 Å². The van der Waals surface area contributed by atoms with Crippen LogP contribution in [0.25, 0.3) is 0 Å². The number of benzene rings is 1. The van der Waals surface area contributed by atoms with Crippen LogP contribution in [0.15, 0.2) is 35.4 Å². The number of rotatable bonds is 5. The van der Waals surface area contributed by atoms with Crippen LogP contribution in [0, 0.1) is 0 Å². The Morgan fingerprint density at radius 1 is 1.14 bits per heavy atom. The van der Waals surface area contributed by atoms with Gasteiger partial charge in [0.25, 0.3) is 10.0 Å². The summed E-state index contributed by atoms with van der Waals surface area (Å²) in [6, 6.07) is 5.95. The van der Waals surface area contributed by atoms with Gasteiger partial charge < -0.3 is 9.47 Å². The molecular weight excluding hydrogens is 351 g/mol. The van der Waals surface area contributed by atoms with Gasteiger partial charge >= 0.3 is 0 Å². The summed E-state index contributed by atoms with van der Waals surface area (Å²) in [5.74, 6) is 0.822. The number of nitrogens with zero attached hydrogens (tertiary/aromatic N) is 1. The molecule has 1 aromatic heterocycles. The summed E-state index contributed by atoms with van der Waals surface area (Å²) >= 11 is 11.5. The Kier molecular flexibility index (Phi) is 5.00. The van der Waals surface area contributed by atoms with Crippen LogP contribution in [0.5, 0.6) is 11.5 Å². The highest BCUT2D eigenvalue weighted by molar-refractivity contribution is 7.92. The van der Waals surface area contributed by atoms with Gasteiger partial charge in [0.1, 0.15) is 21.5 Å². The number of ether oxygens (including phenoxy) is 2. The molecule has 0 atom stereocenters. The van der Waals surface area contributed by atoms with Crippen molar-refractivity contribution in [1.29, 1.82) is 0 Å². The molecule has 0 aliphatic heterocycles. The number of methoxy groups -OCH3 is 2. The molecule has 22 heavy (non-hydrogen) atoms. The maximum Gasteiger partial charge on any atom is 0.263 e. The van der Waals surface area contributed by atoms with Crippen LogP contribution in [0.2, 0.25) is 10.2 Å². The van der Waals surface area contributed by atoms with Crippen LogP contribution in [-0.2, 0) is 10.0 Å². The van der Waals surface area contributed by atoms with Crippen molar-refractivity contribution < 1.29 is 17.9 Å². The second kappa shape index (κ2) is 6.60. The summed E-state index contributed by atoms with van der Waals surface area (Å²) in [7, 11) is -0.995. The Hall–Kier alpha value is -1.70. The van der Waals surface area contributed by atoms with Crippen molar-refractivity contribution in [3.8, 4) is 11.5 Å². The van der Waals surface area contributed by atoms with E-state index in [0.29, 0.717) is 11.5 Å². The van der Waals surface area contributed by atoms with Crippen molar-refractivity contribution in [2.75, 3.05) is 18.9 Å². The summed E-state index contributed by atoms with van der Waals surface area (Å²) in [5, 5.41) is 0.0710. The molecule has 0 saturated heterocycles. The molecule has 0 amide bonds. The minimum atomic E-state index is -3.90. The summed E-state index contributed by atoms with van der Waals surface area (Å²) in [6.07, 6.45) is 1.11. The van der Waals surface area contributed by atoms with E-state index in [2.05, 4.69) is 9.71 Å². The molecular formula is C13H12Cl2N2O4S. The third-order valence-electron chi connectivity index (χ3n) is 2.73. The molecule has 0 radical (unpaired) electrons. The number of pyridine rings is 1. The van der Waals surface area contributed by atoms with Gasteiger partial charge in [-0.1, -0.05) is 23.2 Å². The SMILES string of the molecule is COc1ccc(OC)c(NS(=O)(=O)c2cnc(Cl)c(Cl)c2)c1. The maximum atomic E-state index is 12.4. The van der Waals surface area contributed by atoms with Gasteiger partial charge in [0, 0.05) is 12.3 Å². The van der Waals surface area contributed by atoms with E-state index in [1.54, 1.807) is 12.1 Å². The lowest BCUT2D eigenvalue weighted by molar-refractivity contribution is 0.405. The van der Waals surface area contributed by atoms with E-state index in [-0.39, 0.29) is 20.8 Å². The Labute approximate surface area is 138 Å². The third-order valence-corrected chi connectivity index (χ3v) is 4.75. The van der Waals surface area contributed by atoms with Crippen LogP contribution < -0.4 is 14.2 Å². The van der Waals surface area contributed by atoms with Gasteiger partial charge in [0.05, 0.1) is 24.9 Å². The predicted molar refractivity (Wildman–Crippen MR) is 84.6 cm³/mol. The van der Waals surface area contributed by atoms with Crippen molar-refractivity contribution in [3.63, 3.8) is 0 Å². The zero-order valence-electron chi connectivity index (χ0n) is 11.6. The average molecular weight is 363 g/mol. The summed E-state index contributed by atoms with van der Waals surface area (Å²) < 4.78 is 37.4. The first-order chi connectivity index (χ1) is 10.4. The number of aromatic nitrogens is 1.